The van der Waals surface area contributed by atoms with Crippen LogP contribution in [0, 0.1) is 11.3 Å². The van der Waals surface area contributed by atoms with E-state index in [-0.39, 0.29) is 28.9 Å². The van der Waals surface area contributed by atoms with Gasteiger partial charge in [-0.25, -0.2) is 4.68 Å². The molecule has 172 valence electrons. The summed E-state index contributed by atoms with van der Waals surface area (Å²) in [6.07, 6.45) is -3.16. The molecule has 0 atom stereocenters. The van der Waals surface area contributed by atoms with Gasteiger partial charge < -0.3 is 9.32 Å². The Labute approximate surface area is 191 Å². The van der Waals surface area contributed by atoms with Crippen molar-refractivity contribution < 1.29 is 22.4 Å². The van der Waals surface area contributed by atoms with E-state index in [0.717, 1.165) is 16.8 Å². The van der Waals surface area contributed by atoms with Crippen molar-refractivity contribution in [1.82, 2.24) is 9.78 Å². The van der Waals surface area contributed by atoms with Gasteiger partial charge >= 0.3 is 6.18 Å². The highest BCUT2D eigenvalue weighted by Gasteiger charge is 2.30. The third kappa shape index (κ3) is 4.28. The van der Waals surface area contributed by atoms with Crippen molar-refractivity contribution >= 4 is 22.6 Å². The molecule has 34 heavy (non-hydrogen) atoms. The van der Waals surface area contributed by atoms with Crippen LogP contribution < -0.4 is 10.5 Å². The fourth-order valence-corrected chi connectivity index (χ4v) is 3.59. The number of rotatable bonds is 5. The summed E-state index contributed by atoms with van der Waals surface area (Å²) in [5, 5.41) is 13.7. The number of fused-ring (bicyclic) bond motifs is 1. The van der Waals surface area contributed by atoms with Crippen molar-refractivity contribution in [2.24, 2.45) is 0 Å². The number of aromatic nitrogens is 2. The molecule has 4 aromatic rings. The van der Waals surface area contributed by atoms with E-state index in [2.05, 4.69) is 5.10 Å². The molecule has 0 saturated carbocycles. The lowest BCUT2D eigenvalue weighted by Gasteiger charge is -2.22. The Hall–Kier alpha value is -4.39. The lowest BCUT2D eigenvalue weighted by Crippen LogP contribution is -2.37. The Kier molecular flexibility index (Phi) is 5.94. The fraction of sp³-hybridized carbons (Fsp3) is 0.167. The van der Waals surface area contributed by atoms with Gasteiger partial charge in [0.2, 0.25) is 5.91 Å². The van der Waals surface area contributed by atoms with Crippen molar-refractivity contribution in [3.8, 4) is 17.3 Å². The molecule has 0 unspecified atom stereocenters. The summed E-state index contributed by atoms with van der Waals surface area (Å²) in [6, 6.07) is 14.3. The predicted octanol–water partition coefficient (Wildman–Crippen LogP) is 4.60. The number of likely N-dealkylation sites (N-methyl/N-ethyl adjacent to an activating group) is 1. The van der Waals surface area contributed by atoms with Crippen LogP contribution >= 0.6 is 0 Å². The third-order valence-corrected chi connectivity index (χ3v) is 5.24. The number of hydrogen-bond acceptors (Lipinski definition) is 5. The molecule has 0 N–H and O–H groups in total. The molecule has 0 radical (unpaired) electrons. The number of benzene rings is 2. The lowest BCUT2D eigenvalue weighted by atomic mass is 10.1. The Balaban J connectivity index is 1.71. The maximum absolute atomic E-state index is 13.0. The van der Waals surface area contributed by atoms with E-state index in [0.29, 0.717) is 11.1 Å². The summed E-state index contributed by atoms with van der Waals surface area (Å²) in [6.45, 7) is 1.40. The number of alkyl halides is 3. The fourth-order valence-electron chi connectivity index (χ4n) is 3.59. The van der Waals surface area contributed by atoms with E-state index in [4.69, 9.17) is 4.42 Å². The number of carbonyl (C=O) groups excluding carboxylic acids is 1. The SMILES string of the molecule is CCN(C(=O)Cn1nc(-c2cccc(C#N)c2)c2occc2c1=O)c1ccc(C(F)(F)F)cc1. The Bertz CT molecular complexity index is 1460. The molecule has 2 aromatic heterocycles. The summed E-state index contributed by atoms with van der Waals surface area (Å²) >= 11 is 0. The van der Waals surface area contributed by atoms with Crippen LogP contribution in [0.4, 0.5) is 18.9 Å². The molecule has 10 heteroatoms. The number of furan rings is 1. The molecular formula is C24H17F3N4O3. The molecule has 2 aromatic carbocycles. The Morgan fingerprint density at radius 3 is 2.56 bits per heavy atom. The van der Waals surface area contributed by atoms with E-state index in [9.17, 15) is 28.0 Å². The van der Waals surface area contributed by atoms with Gasteiger partial charge in [-0.1, -0.05) is 12.1 Å². The van der Waals surface area contributed by atoms with Gasteiger partial charge in [-0.05, 0) is 49.4 Å². The molecule has 0 spiro atoms. The van der Waals surface area contributed by atoms with E-state index in [1.807, 2.05) is 6.07 Å². The molecular weight excluding hydrogens is 449 g/mol. The monoisotopic (exact) mass is 466 g/mol. The summed E-state index contributed by atoms with van der Waals surface area (Å²) in [4.78, 5) is 27.2. The predicted molar refractivity (Wildman–Crippen MR) is 118 cm³/mol. The molecule has 2 heterocycles. The van der Waals surface area contributed by atoms with E-state index in [1.54, 1.807) is 31.2 Å². The van der Waals surface area contributed by atoms with Gasteiger partial charge in [-0.3, -0.25) is 9.59 Å². The molecule has 0 bridgehead atoms. The largest absolute Gasteiger partial charge is 0.462 e. The van der Waals surface area contributed by atoms with Crippen LogP contribution in [-0.4, -0.2) is 22.2 Å². The Morgan fingerprint density at radius 2 is 1.91 bits per heavy atom. The first-order valence-electron chi connectivity index (χ1n) is 10.2. The zero-order valence-corrected chi connectivity index (χ0v) is 17.8. The zero-order chi connectivity index (χ0) is 24.5. The first-order chi connectivity index (χ1) is 16.2. The van der Waals surface area contributed by atoms with Crippen LogP contribution in [0.1, 0.15) is 18.1 Å². The molecule has 1 amide bonds. The molecule has 0 aliphatic carbocycles. The molecule has 7 nitrogen and oxygen atoms in total. The van der Waals surface area contributed by atoms with Crippen molar-refractivity contribution in [3.05, 3.63) is 82.3 Å². The quantitative estimate of drug-likeness (QED) is 0.429. The smallest absolute Gasteiger partial charge is 0.416 e. The maximum atomic E-state index is 13.0. The number of halogens is 3. The van der Waals surface area contributed by atoms with E-state index >= 15 is 0 Å². The van der Waals surface area contributed by atoms with Gasteiger partial charge in [-0.15, -0.1) is 0 Å². The average molecular weight is 466 g/mol. The number of amides is 1. The highest BCUT2D eigenvalue weighted by molar-refractivity contribution is 5.94. The normalized spacial score (nSPS) is 11.4. The van der Waals surface area contributed by atoms with Gasteiger partial charge in [0, 0.05) is 17.8 Å². The van der Waals surface area contributed by atoms with Crippen LogP contribution in [0.5, 0.6) is 0 Å². The van der Waals surface area contributed by atoms with E-state index < -0.39 is 29.8 Å². The first kappa shape index (κ1) is 22.8. The highest BCUT2D eigenvalue weighted by atomic mass is 19.4. The first-order valence-corrected chi connectivity index (χ1v) is 10.2. The highest BCUT2D eigenvalue weighted by Crippen LogP contribution is 2.31. The number of anilines is 1. The summed E-state index contributed by atoms with van der Waals surface area (Å²) < 4.78 is 45.0. The van der Waals surface area contributed by atoms with Crippen LogP contribution in [0.15, 0.2) is 70.1 Å². The molecule has 0 fully saturated rings. The molecule has 4 rings (SSSR count). The van der Waals surface area contributed by atoms with Gasteiger partial charge in [0.1, 0.15) is 12.2 Å². The number of hydrogen-bond donors (Lipinski definition) is 0. The maximum Gasteiger partial charge on any atom is 0.416 e. The van der Waals surface area contributed by atoms with Crippen molar-refractivity contribution in [2.75, 3.05) is 11.4 Å². The average Bonchev–Trinajstić information content (AvgIpc) is 3.31. The summed E-state index contributed by atoms with van der Waals surface area (Å²) in [5.74, 6) is -0.531. The van der Waals surface area contributed by atoms with Gasteiger partial charge in [0.15, 0.2) is 5.58 Å². The van der Waals surface area contributed by atoms with Crippen molar-refractivity contribution in [2.45, 2.75) is 19.6 Å². The van der Waals surface area contributed by atoms with Crippen LogP contribution in [0.25, 0.3) is 22.2 Å². The minimum Gasteiger partial charge on any atom is -0.462 e. The lowest BCUT2D eigenvalue weighted by molar-refractivity contribution is -0.137. The number of nitriles is 1. The van der Waals surface area contributed by atoms with Crippen LogP contribution in [0.3, 0.4) is 0 Å². The second-order valence-corrected chi connectivity index (χ2v) is 7.35. The summed E-state index contributed by atoms with van der Waals surface area (Å²) in [5.41, 5.74) is 0.288. The summed E-state index contributed by atoms with van der Waals surface area (Å²) in [7, 11) is 0. The minimum absolute atomic E-state index is 0.171. The Morgan fingerprint density at radius 1 is 1.18 bits per heavy atom. The van der Waals surface area contributed by atoms with Crippen molar-refractivity contribution in [1.29, 1.82) is 5.26 Å². The standard InChI is InChI=1S/C24H17F3N4O3/c1-2-30(18-8-6-17(7-9-18)24(25,26)27)20(32)14-31-23(33)19-10-11-34-22(19)21(29-31)16-5-3-4-15(12-16)13-28/h3-12H,2,14H2,1H3. The third-order valence-electron chi connectivity index (χ3n) is 5.24. The van der Waals surface area contributed by atoms with Crippen LogP contribution in [0.2, 0.25) is 0 Å². The second-order valence-electron chi connectivity index (χ2n) is 7.35. The zero-order valence-electron chi connectivity index (χ0n) is 17.8. The number of nitrogens with zero attached hydrogens (tertiary/aromatic N) is 4. The molecule has 0 saturated heterocycles. The topological polar surface area (TPSA) is 92.1 Å². The molecule has 0 aliphatic heterocycles. The second kappa shape index (κ2) is 8.86. The van der Waals surface area contributed by atoms with Crippen LogP contribution in [-0.2, 0) is 17.5 Å². The van der Waals surface area contributed by atoms with Gasteiger partial charge in [0.05, 0.1) is 28.8 Å². The minimum atomic E-state index is -4.49. The number of carbonyl (C=O) groups is 1. The van der Waals surface area contributed by atoms with Gasteiger partial charge in [-0.2, -0.15) is 23.5 Å². The van der Waals surface area contributed by atoms with Crippen molar-refractivity contribution in [3.63, 3.8) is 0 Å². The molecule has 0 aliphatic rings. The van der Waals surface area contributed by atoms with E-state index in [1.165, 1.54) is 29.4 Å². The van der Waals surface area contributed by atoms with Gasteiger partial charge in [0.25, 0.3) is 5.56 Å².